The summed E-state index contributed by atoms with van der Waals surface area (Å²) in [5, 5.41) is 0. The van der Waals surface area contributed by atoms with Crippen molar-refractivity contribution < 1.29 is 4.74 Å². The Bertz CT molecular complexity index is 2460. The minimum absolute atomic E-state index is 0.0289. The number of hydrogen-bond acceptors (Lipinski definition) is 2. The van der Waals surface area contributed by atoms with E-state index in [1.807, 2.05) is 0 Å². The number of fused-ring (bicyclic) bond motifs is 5. The molecule has 0 bridgehead atoms. The summed E-state index contributed by atoms with van der Waals surface area (Å²) in [5.74, 6) is 2.05. The Kier molecular flexibility index (Phi) is 7.79. The molecule has 0 aromatic heterocycles. The molecule has 1 aliphatic heterocycles. The van der Waals surface area contributed by atoms with Crippen LogP contribution in [0.25, 0.3) is 16.7 Å². The summed E-state index contributed by atoms with van der Waals surface area (Å²) < 4.78 is 6.62. The van der Waals surface area contributed by atoms with Gasteiger partial charge in [0.05, 0.1) is 6.04 Å². The molecule has 0 radical (unpaired) electrons. The zero-order valence-electron chi connectivity index (χ0n) is 31.1. The van der Waals surface area contributed by atoms with Crippen LogP contribution in [0.1, 0.15) is 54.7 Å². The van der Waals surface area contributed by atoms with Gasteiger partial charge in [-0.15, -0.1) is 0 Å². The van der Waals surface area contributed by atoms with Gasteiger partial charge in [-0.1, -0.05) is 157 Å². The maximum Gasteiger partial charge on any atom is 0.130 e. The van der Waals surface area contributed by atoms with Gasteiger partial charge in [0.2, 0.25) is 0 Å². The van der Waals surface area contributed by atoms with Crippen molar-refractivity contribution in [2.75, 3.05) is 4.90 Å². The van der Waals surface area contributed by atoms with Gasteiger partial charge in [0, 0.05) is 34.2 Å². The fourth-order valence-electron chi connectivity index (χ4n) is 11.1. The number of para-hydroxylation sites is 1. The van der Waals surface area contributed by atoms with Crippen molar-refractivity contribution in [2.24, 2.45) is 11.8 Å². The van der Waals surface area contributed by atoms with Crippen LogP contribution in [0.5, 0.6) is 5.75 Å². The largest absolute Gasteiger partial charge is 0.485 e. The van der Waals surface area contributed by atoms with Gasteiger partial charge in [-0.2, -0.15) is 0 Å². The van der Waals surface area contributed by atoms with Gasteiger partial charge in [-0.25, -0.2) is 0 Å². The fourth-order valence-corrected chi connectivity index (χ4v) is 11.1. The van der Waals surface area contributed by atoms with E-state index in [0.29, 0.717) is 11.8 Å². The van der Waals surface area contributed by atoms with E-state index >= 15 is 0 Å². The lowest BCUT2D eigenvalue weighted by Gasteiger charge is -2.55. The number of hydrogen-bond donors (Lipinski definition) is 0. The third-order valence-electron chi connectivity index (χ3n) is 13.3. The van der Waals surface area contributed by atoms with Gasteiger partial charge < -0.3 is 9.64 Å². The second-order valence-corrected chi connectivity index (χ2v) is 16.1. The Labute approximate surface area is 325 Å². The molecule has 0 saturated carbocycles. The molecule has 0 amide bonds. The van der Waals surface area contributed by atoms with Crippen molar-refractivity contribution >= 4 is 11.3 Å². The highest BCUT2D eigenvalue weighted by molar-refractivity contribution is 5.82. The van der Waals surface area contributed by atoms with Crippen molar-refractivity contribution in [3.8, 4) is 16.9 Å². The summed E-state index contributed by atoms with van der Waals surface area (Å²) in [6.07, 6.45) is 36.9. The van der Waals surface area contributed by atoms with Gasteiger partial charge in [0.25, 0.3) is 0 Å². The Morgan fingerprint density at radius 3 is 2.44 bits per heavy atom. The summed E-state index contributed by atoms with van der Waals surface area (Å²) in [6, 6.07) is 38.0. The molecule has 55 heavy (non-hydrogen) atoms. The maximum absolute atomic E-state index is 6.62. The lowest BCUT2D eigenvalue weighted by atomic mass is 9.47. The summed E-state index contributed by atoms with van der Waals surface area (Å²) in [4.78, 5) is 2.59. The molecule has 6 aliphatic carbocycles. The lowest BCUT2D eigenvalue weighted by Crippen LogP contribution is -2.49. The quantitative estimate of drug-likeness (QED) is 0.197. The van der Waals surface area contributed by atoms with Gasteiger partial charge in [-0.05, 0) is 107 Å². The van der Waals surface area contributed by atoms with Crippen molar-refractivity contribution in [2.45, 2.75) is 55.6 Å². The SMILES string of the molecule is C1=CCCC([C@]2(C3=CC(N(C4=CC5Oc6ccccc6C5C=C4)c4ccc(-c5ccccc5)cc4)CC=C3)c3ccccc3C3=CC=CC4=CCCC2C43)=C1. The summed E-state index contributed by atoms with van der Waals surface area (Å²) >= 11 is 0. The first-order valence-corrected chi connectivity index (χ1v) is 20.3. The minimum Gasteiger partial charge on any atom is -0.485 e. The van der Waals surface area contributed by atoms with Crippen molar-refractivity contribution in [1.29, 1.82) is 0 Å². The molecule has 2 nitrogen and oxygen atoms in total. The van der Waals surface area contributed by atoms with Gasteiger partial charge in [0.1, 0.15) is 11.9 Å². The number of anilines is 1. The van der Waals surface area contributed by atoms with E-state index in [0.717, 1.165) is 31.4 Å². The monoisotopic (exact) mass is 711 g/mol. The van der Waals surface area contributed by atoms with Gasteiger partial charge in [-0.3, -0.25) is 0 Å². The van der Waals surface area contributed by atoms with Crippen LogP contribution >= 0.6 is 0 Å². The second kappa shape index (κ2) is 13.2. The Balaban J connectivity index is 1.08. The van der Waals surface area contributed by atoms with E-state index < -0.39 is 0 Å². The number of rotatable bonds is 6. The fraction of sp³-hybridized carbons (Fsp3) is 0.208. The zero-order chi connectivity index (χ0) is 36.3. The van der Waals surface area contributed by atoms with Crippen LogP contribution in [0, 0.1) is 11.8 Å². The molecular weight excluding hydrogens is 667 g/mol. The molecule has 0 N–H and O–H groups in total. The summed E-state index contributed by atoms with van der Waals surface area (Å²) in [7, 11) is 0. The van der Waals surface area contributed by atoms with E-state index in [-0.39, 0.29) is 23.5 Å². The van der Waals surface area contributed by atoms with Crippen LogP contribution in [0.3, 0.4) is 0 Å². The highest BCUT2D eigenvalue weighted by Gasteiger charge is 2.55. The molecule has 268 valence electrons. The average Bonchev–Trinajstić information content (AvgIpc) is 3.63. The van der Waals surface area contributed by atoms with Crippen LogP contribution in [0.4, 0.5) is 5.69 Å². The first kappa shape index (κ1) is 32.6. The third kappa shape index (κ3) is 5.14. The molecule has 6 atom stereocenters. The maximum atomic E-state index is 6.62. The standard InChI is InChI=1S/C53H45NO/c1-3-14-36(15-4-1)37-28-30-41(31-29-37)54(43-32-33-46-45-23-8-10-27-50(45)55-51(46)35-43)42-21-13-20-40(34-42)53(39-18-5-2-6-19-39)48-25-9-7-22-44(48)47-24-11-16-38-17-12-26-49(53)52(38)47/h1-5,7-11,13-18,20,22-25,27-35,42,46,49,51-52H,6,12,19,21,26H2/t42?,46?,49?,51?,52?,53-/m0/s1. The molecule has 0 saturated heterocycles. The molecule has 0 spiro atoms. The Morgan fingerprint density at radius 1 is 0.709 bits per heavy atom. The summed E-state index contributed by atoms with van der Waals surface area (Å²) in [5.41, 5.74) is 14.8. The molecule has 0 fully saturated rings. The van der Waals surface area contributed by atoms with E-state index in [9.17, 15) is 0 Å². The Hall–Kier alpha value is -5.86. The first-order chi connectivity index (χ1) is 27.3. The predicted molar refractivity (Wildman–Crippen MR) is 227 cm³/mol. The number of allylic oxidation sites excluding steroid dienone is 13. The van der Waals surface area contributed by atoms with Crippen molar-refractivity contribution in [3.63, 3.8) is 0 Å². The molecule has 7 aliphatic rings. The molecule has 11 rings (SSSR count). The van der Waals surface area contributed by atoms with Gasteiger partial charge >= 0.3 is 0 Å². The minimum atomic E-state index is -0.232. The van der Waals surface area contributed by atoms with Crippen LogP contribution < -0.4 is 9.64 Å². The summed E-state index contributed by atoms with van der Waals surface area (Å²) in [6.45, 7) is 0. The second-order valence-electron chi connectivity index (χ2n) is 16.1. The third-order valence-corrected chi connectivity index (χ3v) is 13.3. The van der Waals surface area contributed by atoms with E-state index in [4.69, 9.17) is 4.74 Å². The van der Waals surface area contributed by atoms with E-state index in [1.165, 1.54) is 62.3 Å². The van der Waals surface area contributed by atoms with Crippen molar-refractivity contribution in [1.82, 2.24) is 0 Å². The van der Waals surface area contributed by atoms with E-state index in [2.05, 4.69) is 187 Å². The molecular formula is C53H45NO. The number of ether oxygens (including phenoxy) is 1. The average molecular weight is 712 g/mol. The Morgan fingerprint density at radius 2 is 1.55 bits per heavy atom. The van der Waals surface area contributed by atoms with Crippen molar-refractivity contribution in [3.05, 3.63) is 221 Å². The molecule has 5 unspecified atom stereocenters. The highest BCUT2D eigenvalue weighted by Crippen LogP contribution is 2.63. The topological polar surface area (TPSA) is 12.5 Å². The highest BCUT2D eigenvalue weighted by atomic mass is 16.5. The van der Waals surface area contributed by atoms with Crippen LogP contribution in [0.2, 0.25) is 0 Å². The van der Waals surface area contributed by atoms with Crippen LogP contribution in [0.15, 0.2) is 205 Å². The van der Waals surface area contributed by atoms with E-state index in [1.54, 1.807) is 5.57 Å². The molecule has 2 heteroatoms. The predicted octanol–water partition coefficient (Wildman–Crippen LogP) is 12.5. The number of nitrogens with zero attached hydrogens (tertiary/aromatic N) is 1. The molecule has 1 heterocycles. The normalized spacial score (nSPS) is 27.9. The van der Waals surface area contributed by atoms with Crippen LogP contribution in [-0.4, -0.2) is 12.1 Å². The number of benzene rings is 4. The smallest absolute Gasteiger partial charge is 0.130 e. The van der Waals surface area contributed by atoms with Gasteiger partial charge in [0.15, 0.2) is 0 Å². The lowest BCUT2D eigenvalue weighted by molar-refractivity contribution is 0.267. The molecule has 4 aromatic rings. The van der Waals surface area contributed by atoms with Crippen LogP contribution in [-0.2, 0) is 5.41 Å². The molecule has 4 aromatic carbocycles. The first-order valence-electron chi connectivity index (χ1n) is 20.3. The zero-order valence-corrected chi connectivity index (χ0v) is 31.1.